The Morgan fingerprint density at radius 3 is 2.32 bits per heavy atom. The van der Waals surface area contributed by atoms with Gasteiger partial charge >= 0.3 is 5.91 Å². The van der Waals surface area contributed by atoms with E-state index in [9.17, 15) is 4.79 Å². The smallest absolute Gasteiger partial charge is 0.310 e. The van der Waals surface area contributed by atoms with Crippen molar-refractivity contribution < 1.29 is 28.2 Å². The van der Waals surface area contributed by atoms with E-state index in [1.165, 1.54) is 6.26 Å². The number of benzene rings is 2. The fraction of sp³-hybridized carbons (Fsp3) is 0.310. The quantitative estimate of drug-likeness (QED) is 0.409. The first-order valence-corrected chi connectivity index (χ1v) is 12.2. The van der Waals surface area contributed by atoms with Crippen LogP contribution in [0, 0.1) is 5.92 Å². The van der Waals surface area contributed by atoms with Crippen LogP contribution in [-0.4, -0.2) is 45.1 Å². The fourth-order valence-corrected chi connectivity index (χ4v) is 5.19. The predicted molar refractivity (Wildman–Crippen MR) is 139 cm³/mol. The highest BCUT2D eigenvalue weighted by Crippen LogP contribution is 2.46. The molecular formula is C29H30N2O6. The van der Waals surface area contributed by atoms with Crippen LogP contribution < -0.4 is 18.9 Å². The number of nitrogens with zero attached hydrogens (tertiary/aromatic N) is 2. The van der Waals surface area contributed by atoms with E-state index in [0.717, 1.165) is 41.7 Å². The van der Waals surface area contributed by atoms with Crippen LogP contribution in [0.15, 0.2) is 69.9 Å². The molecule has 1 fully saturated rings. The third-order valence-electron chi connectivity index (χ3n) is 6.94. The van der Waals surface area contributed by atoms with E-state index in [-0.39, 0.29) is 23.6 Å². The standard InChI is InChI=1S/C29H30N2O6/c1-33-22-12-10-18(16-25(22)35-3)15-19-7-5-8-21-27(19)30-31(29(32)24-9-6-14-37-24)28(21)20-11-13-23(34-2)26(17-20)36-4/h6,9-17,21,28H,5,7-8H2,1-4H3/b19-15-. The molecule has 2 aliphatic rings. The highest BCUT2D eigenvalue weighted by atomic mass is 16.5. The van der Waals surface area contributed by atoms with Gasteiger partial charge in [-0.3, -0.25) is 4.79 Å². The first kappa shape index (κ1) is 24.5. The van der Waals surface area contributed by atoms with Crippen LogP contribution in [0.4, 0.5) is 0 Å². The molecule has 0 bridgehead atoms. The summed E-state index contributed by atoms with van der Waals surface area (Å²) in [5.41, 5.74) is 3.92. The van der Waals surface area contributed by atoms with E-state index in [4.69, 9.17) is 28.5 Å². The third-order valence-corrected chi connectivity index (χ3v) is 6.94. The van der Waals surface area contributed by atoms with Crippen LogP contribution in [0.25, 0.3) is 6.08 Å². The van der Waals surface area contributed by atoms with E-state index in [0.29, 0.717) is 23.0 Å². The van der Waals surface area contributed by atoms with Crippen LogP contribution in [-0.2, 0) is 0 Å². The SMILES string of the molecule is COc1ccc(/C=C2/CCCC3C2=NN(C(=O)c2ccco2)C3c2ccc(OC)c(OC)c2)cc1OC. The largest absolute Gasteiger partial charge is 0.493 e. The second kappa shape index (κ2) is 10.4. The van der Waals surface area contributed by atoms with Gasteiger partial charge in [0.2, 0.25) is 0 Å². The number of methoxy groups -OCH3 is 4. The number of hydrogen-bond acceptors (Lipinski definition) is 7. The molecule has 192 valence electrons. The maximum atomic E-state index is 13.6. The van der Waals surface area contributed by atoms with Gasteiger partial charge in [0, 0.05) is 5.92 Å². The Bertz CT molecular complexity index is 1340. The van der Waals surface area contributed by atoms with Crippen LogP contribution in [0.1, 0.15) is 47.0 Å². The number of allylic oxidation sites excluding steroid dienone is 1. The Morgan fingerprint density at radius 2 is 1.65 bits per heavy atom. The first-order valence-electron chi connectivity index (χ1n) is 12.2. The highest BCUT2D eigenvalue weighted by Gasteiger charge is 2.44. The van der Waals surface area contributed by atoms with E-state index < -0.39 is 0 Å². The van der Waals surface area contributed by atoms with Gasteiger partial charge in [0.05, 0.1) is 46.5 Å². The van der Waals surface area contributed by atoms with Crippen molar-refractivity contribution in [3.8, 4) is 23.0 Å². The van der Waals surface area contributed by atoms with E-state index in [2.05, 4.69) is 6.08 Å². The molecule has 1 aromatic heterocycles. The summed E-state index contributed by atoms with van der Waals surface area (Å²) in [6.07, 6.45) is 6.38. The third kappa shape index (κ3) is 4.55. The molecule has 0 N–H and O–H groups in total. The van der Waals surface area contributed by atoms with Gasteiger partial charge in [-0.2, -0.15) is 5.10 Å². The lowest BCUT2D eigenvalue weighted by molar-refractivity contribution is 0.0648. The summed E-state index contributed by atoms with van der Waals surface area (Å²) in [5.74, 6) is 2.57. The van der Waals surface area contributed by atoms with Crippen LogP contribution in [0.3, 0.4) is 0 Å². The normalized spacial score (nSPS) is 19.8. The Labute approximate surface area is 216 Å². The molecule has 5 rings (SSSR count). The Hall–Kier alpha value is -4.20. The summed E-state index contributed by atoms with van der Waals surface area (Å²) < 4.78 is 27.3. The number of ether oxygens (including phenoxy) is 4. The van der Waals surface area contributed by atoms with Crippen molar-refractivity contribution in [3.63, 3.8) is 0 Å². The second-order valence-electron chi connectivity index (χ2n) is 8.95. The van der Waals surface area contributed by atoms with Gasteiger partial charge in [0.15, 0.2) is 28.8 Å². The lowest BCUT2D eigenvalue weighted by atomic mass is 9.77. The van der Waals surface area contributed by atoms with Gasteiger partial charge in [-0.15, -0.1) is 0 Å². The Kier molecular flexibility index (Phi) is 6.90. The van der Waals surface area contributed by atoms with Crippen molar-refractivity contribution in [2.45, 2.75) is 25.3 Å². The van der Waals surface area contributed by atoms with Crippen molar-refractivity contribution in [1.82, 2.24) is 5.01 Å². The minimum absolute atomic E-state index is 0.0251. The molecule has 8 nitrogen and oxygen atoms in total. The van der Waals surface area contributed by atoms with Gasteiger partial charge in [-0.25, -0.2) is 5.01 Å². The van der Waals surface area contributed by atoms with Crippen molar-refractivity contribution in [1.29, 1.82) is 0 Å². The molecule has 0 radical (unpaired) electrons. The summed E-state index contributed by atoms with van der Waals surface area (Å²) in [5, 5.41) is 6.48. The number of rotatable bonds is 7. The van der Waals surface area contributed by atoms with Crippen molar-refractivity contribution in [2.75, 3.05) is 28.4 Å². The van der Waals surface area contributed by atoms with Gasteiger partial charge in [-0.1, -0.05) is 12.1 Å². The number of furan rings is 1. The molecule has 3 aromatic rings. The van der Waals surface area contributed by atoms with Crippen LogP contribution in [0.2, 0.25) is 0 Å². The molecule has 2 aromatic carbocycles. The molecule has 1 saturated carbocycles. The second-order valence-corrected chi connectivity index (χ2v) is 8.95. The molecule has 8 heteroatoms. The molecule has 0 saturated heterocycles. The summed E-state index contributed by atoms with van der Waals surface area (Å²) in [7, 11) is 6.45. The van der Waals surface area contributed by atoms with E-state index in [1.807, 2.05) is 36.4 Å². The molecule has 1 aliphatic heterocycles. The molecule has 37 heavy (non-hydrogen) atoms. The number of hydrogen-bond donors (Lipinski definition) is 0. The van der Waals surface area contributed by atoms with Crippen LogP contribution >= 0.6 is 0 Å². The maximum absolute atomic E-state index is 13.6. The summed E-state index contributed by atoms with van der Waals surface area (Å²) in [4.78, 5) is 13.6. The minimum Gasteiger partial charge on any atom is -0.493 e. The average Bonchev–Trinajstić information content (AvgIpc) is 3.61. The van der Waals surface area contributed by atoms with Crippen LogP contribution in [0.5, 0.6) is 23.0 Å². The van der Waals surface area contributed by atoms with Gasteiger partial charge in [0.25, 0.3) is 0 Å². The molecule has 2 atom stereocenters. The zero-order valence-corrected chi connectivity index (χ0v) is 21.4. The number of fused-ring (bicyclic) bond motifs is 1. The fourth-order valence-electron chi connectivity index (χ4n) is 5.19. The Morgan fingerprint density at radius 1 is 0.946 bits per heavy atom. The number of carbonyl (C=O) groups excluding carboxylic acids is 1. The first-order chi connectivity index (χ1) is 18.1. The summed E-state index contributed by atoms with van der Waals surface area (Å²) >= 11 is 0. The maximum Gasteiger partial charge on any atom is 0.310 e. The van der Waals surface area contributed by atoms with Crippen molar-refractivity contribution >= 4 is 17.7 Å². The lowest BCUT2D eigenvalue weighted by Crippen LogP contribution is -2.31. The van der Waals surface area contributed by atoms with Gasteiger partial charge < -0.3 is 23.4 Å². The zero-order chi connectivity index (χ0) is 25.9. The molecule has 0 spiro atoms. The lowest BCUT2D eigenvalue weighted by Gasteiger charge is -2.29. The monoisotopic (exact) mass is 502 g/mol. The Balaban J connectivity index is 1.57. The molecular weight excluding hydrogens is 472 g/mol. The van der Waals surface area contributed by atoms with E-state index in [1.54, 1.807) is 45.6 Å². The average molecular weight is 503 g/mol. The minimum atomic E-state index is -0.304. The molecule has 1 aliphatic carbocycles. The van der Waals surface area contributed by atoms with Crippen molar-refractivity contribution in [2.24, 2.45) is 11.0 Å². The molecule has 2 heterocycles. The number of amides is 1. The predicted octanol–water partition coefficient (Wildman–Crippen LogP) is 5.75. The molecule has 1 amide bonds. The van der Waals surface area contributed by atoms with Crippen molar-refractivity contribution in [3.05, 3.63) is 77.3 Å². The number of hydrazone groups is 1. The summed E-state index contributed by atoms with van der Waals surface area (Å²) in [6, 6.07) is 14.7. The summed E-state index contributed by atoms with van der Waals surface area (Å²) in [6.45, 7) is 0. The zero-order valence-electron chi connectivity index (χ0n) is 21.4. The molecule has 2 unspecified atom stereocenters. The topological polar surface area (TPSA) is 82.7 Å². The van der Waals surface area contributed by atoms with Gasteiger partial charge in [0.1, 0.15) is 0 Å². The highest BCUT2D eigenvalue weighted by molar-refractivity contribution is 6.09. The van der Waals surface area contributed by atoms with E-state index >= 15 is 0 Å². The number of carbonyl (C=O) groups is 1. The van der Waals surface area contributed by atoms with Gasteiger partial charge in [-0.05, 0) is 78.4 Å².